The number of nitriles is 1. The van der Waals surface area contributed by atoms with Crippen molar-refractivity contribution >= 4 is 34.1 Å². The van der Waals surface area contributed by atoms with Gasteiger partial charge in [0.2, 0.25) is 5.91 Å². The normalized spacial score (nSPS) is 10.2. The second-order valence-corrected chi connectivity index (χ2v) is 6.09. The summed E-state index contributed by atoms with van der Waals surface area (Å²) in [5, 5.41) is 14.0. The van der Waals surface area contributed by atoms with Crippen molar-refractivity contribution in [1.29, 1.82) is 5.26 Å². The molecule has 3 rings (SSSR count). The molecule has 3 aromatic carbocycles. The number of hydrogen-bond acceptors (Lipinski definition) is 3. The highest BCUT2D eigenvalue weighted by Crippen LogP contribution is 2.23. The average Bonchev–Trinajstić information content (AvgIpc) is 2.60. The Labute approximate surface area is 138 Å². The fourth-order valence-electron chi connectivity index (χ4n) is 2.27. The van der Waals surface area contributed by atoms with E-state index >= 15 is 0 Å². The smallest absolute Gasteiger partial charge is 0.234 e. The van der Waals surface area contributed by atoms with Gasteiger partial charge in [0.25, 0.3) is 0 Å². The number of anilines is 1. The molecule has 0 unspecified atom stereocenters. The summed E-state index contributed by atoms with van der Waals surface area (Å²) < 4.78 is 0. The van der Waals surface area contributed by atoms with Gasteiger partial charge in [-0.2, -0.15) is 5.26 Å². The minimum atomic E-state index is -0.0850. The van der Waals surface area contributed by atoms with Crippen LogP contribution >= 0.6 is 11.8 Å². The van der Waals surface area contributed by atoms with Crippen LogP contribution in [0.15, 0.2) is 71.6 Å². The fraction of sp³-hybridized carbons (Fsp3) is 0.0526. The lowest BCUT2D eigenvalue weighted by atomic mass is 10.1. The Bertz CT molecular complexity index is 899. The molecule has 0 aliphatic rings. The van der Waals surface area contributed by atoms with Crippen LogP contribution in [-0.2, 0) is 4.79 Å². The van der Waals surface area contributed by atoms with Gasteiger partial charge in [0.05, 0.1) is 17.4 Å². The van der Waals surface area contributed by atoms with Crippen LogP contribution < -0.4 is 5.32 Å². The first kappa shape index (κ1) is 15.1. The number of fused-ring (bicyclic) bond motifs is 1. The second-order valence-electron chi connectivity index (χ2n) is 5.04. The van der Waals surface area contributed by atoms with Crippen LogP contribution in [0.2, 0.25) is 0 Å². The molecule has 0 spiro atoms. The first-order valence-corrected chi connectivity index (χ1v) is 8.15. The number of benzene rings is 3. The molecule has 4 heteroatoms. The standard InChI is InChI=1S/C19H14N2OS/c20-12-14-4-3-7-17(10-14)21-19(22)13-23-18-9-8-15-5-1-2-6-16(15)11-18/h1-11H,13H2,(H,21,22). The van der Waals surface area contributed by atoms with Gasteiger partial charge in [-0.15, -0.1) is 11.8 Å². The minimum Gasteiger partial charge on any atom is -0.325 e. The van der Waals surface area contributed by atoms with Crippen LogP contribution in [0.3, 0.4) is 0 Å². The van der Waals surface area contributed by atoms with E-state index in [9.17, 15) is 4.79 Å². The lowest BCUT2D eigenvalue weighted by Crippen LogP contribution is -2.13. The molecule has 1 N–H and O–H groups in total. The van der Waals surface area contributed by atoms with Crippen molar-refractivity contribution in [2.75, 3.05) is 11.1 Å². The van der Waals surface area contributed by atoms with Crippen molar-refractivity contribution in [3.8, 4) is 6.07 Å². The Hall–Kier alpha value is -2.77. The number of carbonyl (C=O) groups excluding carboxylic acids is 1. The van der Waals surface area contributed by atoms with Gasteiger partial charge in [0.15, 0.2) is 0 Å². The quantitative estimate of drug-likeness (QED) is 0.723. The van der Waals surface area contributed by atoms with Gasteiger partial charge < -0.3 is 5.32 Å². The maximum Gasteiger partial charge on any atom is 0.234 e. The number of carbonyl (C=O) groups is 1. The summed E-state index contributed by atoms with van der Waals surface area (Å²) in [5.74, 6) is 0.244. The molecule has 0 saturated carbocycles. The van der Waals surface area contributed by atoms with E-state index < -0.39 is 0 Å². The molecule has 0 bridgehead atoms. The Kier molecular flexibility index (Phi) is 4.60. The number of rotatable bonds is 4. The van der Waals surface area contributed by atoms with E-state index in [1.807, 2.05) is 18.2 Å². The van der Waals surface area contributed by atoms with E-state index in [2.05, 4.69) is 35.7 Å². The molecule has 1 amide bonds. The molecule has 3 nitrogen and oxygen atoms in total. The predicted octanol–water partition coefficient (Wildman–Crippen LogP) is 4.44. The maximum absolute atomic E-state index is 12.0. The Morgan fingerprint density at radius 3 is 2.65 bits per heavy atom. The molecule has 23 heavy (non-hydrogen) atoms. The van der Waals surface area contributed by atoms with Gasteiger partial charge in [0.1, 0.15) is 0 Å². The number of nitrogens with one attached hydrogen (secondary N) is 1. The van der Waals surface area contributed by atoms with Crippen molar-refractivity contribution in [2.45, 2.75) is 4.90 Å². The molecule has 112 valence electrons. The van der Waals surface area contributed by atoms with E-state index in [0.717, 1.165) is 4.90 Å². The van der Waals surface area contributed by atoms with Crippen molar-refractivity contribution in [3.05, 3.63) is 72.3 Å². The molecule has 3 aromatic rings. The zero-order valence-corrected chi connectivity index (χ0v) is 13.1. The molecule has 0 aliphatic carbocycles. The summed E-state index contributed by atoms with van der Waals surface area (Å²) in [6, 6.07) is 23.3. The molecule has 0 atom stereocenters. The predicted molar refractivity (Wildman–Crippen MR) is 94.5 cm³/mol. The van der Waals surface area contributed by atoms with Crippen LogP contribution in [-0.4, -0.2) is 11.7 Å². The number of nitrogens with zero attached hydrogens (tertiary/aromatic N) is 1. The zero-order chi connectivity index (χ0) is 16.1. The Morgan fingerprint density at radius 2 is 1.83 bits per heavy atom. The maximum atomic E-state index is 12.0. The number of hydrogen-bond donors (Lipinski definition) is 1. The van der Waals surface area contributed by atoms with Gasteiger partial charge in [-0.25, -0.2) is 0 Å². The topological polar surface area (TPSA) is 52.9 Å². The number of thioether (sulfide) groups is 1. The molecule has 0 aliphatic heterocycles. The van der Waals surface area contributed by atoms with E-state index in [-0.39, 0.29) is 5.91 Å². The molecule has 0 aromatic heterocycles. The van der Waals surface area contributed by atoms with Crippen LogP contribution in [0, 0.1) is 11.3 Å². The third-order valence-electron chi connectivity index (χ3n) is 3.37. The summed E-state index contributed by atoms with van der Waals surface area (Å²) in [6.45, 7) is 0. The van der Waals surface area contributed by atoms with Crippen LogP contribution in [0.4, 0.5) is 5.69 Å². The fourth-order valence-corrected chi connectivity index (χ4v) is 3.01. The second kappa shape index (κ2) is 6.99. The third-order valence-corrected chi connectivity index (χ3v) is 4.36. The highest BCUT2D eigenvalue weighted by molar-refractivity contribution is 8.00. The van der Waals surface area contributed by atoms with E-state index in [1.165, 1.54) is 22.5 Å². The van der Waals surface area contributed by atoms with Gasteiger partial charge in [-0.3, -0.25) is 4.79 Å². The molecule has 0 radical (unpaired) electrons. The largest absolute Gasteiger partial charge is 0.325 e. The van der Waals surface area contributed by atoms with Crippen LogP contribution in [0.1, 0.15) is 5.56 Å². The Morgan fingerprint density at radius 1 is 1.00 bits per heavy atom. The monoisotopic (exact) mass is 318 g/mol. The van der Waals surface area contributed by atoms with Crippen molar-refractivity contribution in [2.24, 2.45) is 0 Å². The Balaban J connectivity index is 1.62. The van der Waals surface area contributed by atoms with Gasteiger partial charge >= 0.3 is 0 Å². The van der Waals surface area contributed by atoms with Crippen LogP contribution in [0.5, 0.6) is 0 Å². The molecule has 0 fully saturated rings. The van der Waals surface area contributed by atoms with E-state index in [0.29, 0.717) is 17.0 Å². The summed E-state index contributed by atoms with van der Waals surface area (Å²) in [6.07, 6.45) is 0. The lowest BCUT2D eigenvalue weighted by Gasteiger charge is -2.06. The van der Waals surface area contributed by atoms with Gasteiger partial charge in [-0.1, -0.05) is 36.4 Å². The zero-order valence-electron chi connectivity index (χ0n) is 12.3. The third kappa shape index (κ3) is 3.91. The molecular formula is C19H14N2OS. The summed E-state index contributed by atoms with van der Waals surface area (Å²) in [4.78, 5) is 13.1. The van der Waals surface area contributed by atoms with Crippen molar-refractivity contribution in [1.82, 2.24) is 0 Å². The molecule has 0 saturated heterocycles. The van der Waals surface area contributed by atoms with Crippen molar-refractivity contribution < 1.29 is 4.79 Å². The number of amides is 1. The first-order chi connectivity index (χ1) is 11.2. The molecule has 0 heterocycles. The highest BCUT2D eigenvalue weighted by atomic mass is 32.2. The van der Waals surface area contributed by atoms with E-state index in [1.54, 1.807) is 24.3 Å². The first-order valence-electron chi connectivity index (χ1n) is 7.16. The molecular weight excluding hydrogens is 304 g/mol. The minimum absolute atomic E-state index is 0.0850. The van der Waals surface area contributed by atoms with Crippen molar-refractivity contribution in [3.63, 3.8) is 0 Å². The summed E-state index contributed by atoms with van der Waals surface area (Å²) in [7, 11) is 0. The SMILES string of the molecule is N#Cc1cccc(NC(=O)CSc2ccc3ccccc3c2)c1. The summed E-state index contributed by atoms with van der Waals surface area (Å²) in [5.41, 5.74) is 1.18. The summed E-state index contributed by atoms with van der Waals surface area (Å²) >= 11 is 1.50. The van der Waals surface area contributed by atoms with Gasteiger partial charge in [-0.05, 0) is 41.1 Å². The highest BCUT2D eigenvalue weighted by Gasteiger charge is 2.05. The average molecular weight is 318 g/mol. The lowest BCUT2D eigenvalue weighted by molar-refractivity contribution is -0.113. The van der Waals surface area contributed by atoms with E-state index in [4.69, 9.17) is 5.26 Å². The van der Waals surface area contributed by atoms with Crippen LogP contribution in [0.25, 0.3) is 10.8 Å². The van der Waals surface area contributed by atoms with Gasteiger partial charge in [0, 0.05) is 10.6 Å².